The Hall–Kier alpha value is -2.15. The smallest absolute Gasteiger partial charge is 0.335 e. The Labute approximate surface area is 190 Å². The molecule has 3 rings (SSSR count). The molecule has 0 aliphatic rings. The van der Waals surface area contributed by atoms with Crippen molar-refractivity contribution in [2.45, 2.75) is 13.5 Å². The standard InChI is InChI=1S/C22H16Br2ClNO3/c1-13-2-7-18(25)10-20(13)26-11-16-8-17(23)9-19(24)21(16)29-12-14-3-5-15(6-4-14)22(27)28/h2-11H,12H2,1H3,(H,27,28). The van der Waals surface area contributed by atoms with Crippen molar-refractivity contribution < 1.29 is 14.6 Å². The van der Waals surface area contributed by atoms with Crippen LogP contribution < -0.4 is 4.74 Å². The number of hydrogen-bond acceptors (Lipinski definition) is 3. The van der Waals surface area contributed by atoms with Gasteiger partial charge in [0.1, 0.15) is 12.4 Å². The summed E-state index contributed by atoms with van der Waals surface area (Å²) in [5, 5.41) is 9.63. The maximum atomic E-state index is 11.0. The molecule has 0 fully saturated rings. The predicted molar refractivity (Wildman–Crippen MR) is 123 cm³/mol. The van der Waals surface area contributed by atoms with Crippen molar-refractivity contribution in [3.8, 4) is 5.75 Å². The normalized spacial score (nSPS) is 11.0. The lowest BCUT2D eigenvalue weighted by Crippen LogP contribution is -2.01. The second-order valence-electron chi connectivity index (χ2n) is 6.29. The summed E-state index contributed by atoms with van der Waals surface area (Å²) in [6, 6.07) is 16.0. The maximum absolute atomic E-state index is 11.0. The third-order valence-electron chi connectivity index (χ3n) is 4.14. The van der Waals surface area contributed by atoms with Gasteiger partial charge in [-0.1, -0.05) is 45.7 Å². The van der Waals surface area contributed by atoms with Crippen LogP contribution in [0.3, 0.4) is 0 Å². The first-order valence-electron chi connectivity index (χ1n) is 8.58. The largest absolute Gasteiger partial charge is 0.487 e. The SMILES string of the molecule is Cc1ccc(Cl)cc1N=Cc1cc(Br)cc(Br)c1OCc1ccc(C(=O)O)cc1. The van der Waals surface area contributed by atoms with E-state index in [0.29, 0.717) is 10.8 Å². The first kappa shape index (κ1) is 21.6. The van der Waals surface area contributed by atoms with E-state index >= 15 is 0 Å². The van der Waals surface area contributed by atoms with Gasteiger partial charge in [-0.25, -0.2) is 4.79 Å². The lowest BCUT2D eigenvalue weighted by atomic mass is 10.1. The third kappa shape index (κ3) is 5.69. The Bertz CT molecular complexity index is 1080. The third-order valence-corrected chi connectivity index (χ3v) is 5.42. The molecule has 4 nitrogen and oxygen atoms in total. The van der Waals surface area contributed by atoms with Gasteiger partial charge in [0.05, 0.1) is 15.7 Å². The Morgan fingerprint density at radius 1 is 1.14 bits per heavy atom. The molecule has 0 spiro atoms. The van der Waals surface area contributed by atoms with Crippen LogP contribution in [-0.2, 0) is 6.61 Å². The number of ether oxygens (including phenoxy) is 1. The first-order chi connectivity index (χ1) is 13.8. The zero-order valence-corrected chi connectivity index (χ0v) is 19.3. The molecule has 148 valence electrons. The molecule has 0 radical (unpaired) electrons. The molecule has 7 heteroatoms. The summed E-state index contributed by atoms with van der Waals surface area (Å²) in [7, 11) is 0. The first-order valence-corrected chi connectivity index (χ1v) is 10.5. The number of hydrogen-bond donors (Lipinski definition) is 1. The van der Waals surface area contributed by atoms with Crippen LogP contribution in [0, 0.1) is 6.92 Å². The van der Waals surface area contributed by atoms with Crippen LogP contribution in [0.4, 0.5) is 5.69 Å². The Morgan fingerprint density at radius 3 is 2.55 bits per heavy atom. The number of rotatable bonds is 6. The molecule has 0 heterocycles. The van der Waals surface area contributed by atoms with E-state index in [1.807, 2.05) is 37.3 Å². The van der Waals surface area contributed by atoms with Crippen molar-refractivity contribution >= 4 is 61.3 Å². The highest BCUT2D eigenvalue weighted by Gasteiger charge is 2.10. The van der Waals surface area contributed by atoms with E-state index in [0.717, 1.165) is 31.3 Å². The van der Waals surface area contributed by atoms with Gasteiger partial charge < -0.3 is 9.84 Å². The van der Waals surface area contributed by atoms with Crippen LogP contribution >= 0.6 is 43.5 Å². The number of benzene rings is 3. The molecule has 0 aliphatic carbocycles. The monoisotopic (exact) mass is 535 g/mol. The zero-order valence-electron chi connectivity index (χ0n) is 15.3. The molecule has 1 N–H and O–H groups in total. The number of aryl methyl sites for hydroxylation is 1. The summed E-state index contributed by atoms with van der Waals surface area (Å²) in [6.45, 7) is 2.26. The van der Waals surface area contributed by atoms with Gasteiger partial charge in [-0.2, -0.15) is 0 Å². The van der Waals surface area contributed by atoms with Crippen molar-refractivity contribution in [3.63, 3.8) is 0 Å². The minimum atomic E-state index is -0.956. The van der Waals surface area contributed by atoms with Crippen LogP contribution in [0.15, 0.2) is 68.5 Å². The second kappa shape index (κ2) is 9.57. The lowest BCUT2D eigenvalue weighted by molar-refractivity contribution is 0.0697. The molecule has 0 saturated carbocycles. The lowest BCUT2D eigenvalue weighted by Gasteiger charge is -2.12. The molecular formula is C22H16Br2ClNO3. The summed E-state index contributed by atoms with van der Waals surface area (Å²) < 4.78 is 7.68. The van der Waals surface area contributed by atoms with Crippen LogP contribution in [0.2, 0.25) is 5.02 Å². The predicted octanol–water partition coefficient (Wildman–Crippen LogP) is 7.20. The quantitative estimate of drug-likeness (QED) is 0.338. The number of halogens is 3. The fourth-order valence-corrected chi connectivity index (χ4v) is 4.13. The van der Waals surface area contributed by atoms with E-state index < -0.39 is 5.97 Å². The minimum absolute atomic E-state index is 0.239. The number of aromatic carboxylic acids is 1. The van der Waals surface area contributed by atoms with Crippen LogP contribution in [0.25, 0.3) is 0 Å². The number of carbonyl (C=O) groups is 1. The van der Waals surface area contributed by atoms with Crippen molar-refractivity contribution in [1.82, 2.24) is 0 Å². The molecular weight excluding hydrogens is 522 g/mol. The van der Waals surface area contributed by atoms with E-state index in [1.165, 1.54) is 0 Å². The number of aliphatic imine (C=N–C) groups is 1. The van der Waals surface area contributed by atoms with Gasteiger partial charge in [-0.3, -0.25) is 4.99 Å². The summed E-state index contributed by atoms with van der Waals surface area (Å²) >= 11 is 13.1. The fourth-order valence-electron chi connectivity index (χ4n) is 2.59. The van der Waals surface area contributed by atoms with E-state index in [4.69, 9.17) is 21.4 Å². The number of nitrogens with zero attached hydrogens (tertiary/aromatic N) is 1. The van der Waals surface area contributed by atoms with Crippen LogP contribution in [0.5, 0.6) is 5.75 Å². The fraction of sp³-hybridized carbons (Fsp3) is 0.0909. The average Bonchev–Trinajstić information content (AvgIpc) is 2.68. The van der Waals surface area contributed by atoms with Gasteiger partial charge in [0.2, 0.25) is 0 Å². The topological polar surface area (TPSA) is 58.9 Å². The van der Waals surface area contributed by atoms with Gasteiger partial charge in [-0.15, -0.1) is 0 Å². The number of carboxylic acids is 1. The van der Waals surface area contributed by atoms with Crippen LogP contribution in [-0.4, -0.2) is 17.3 Å². The number of carboxylic acid groups (broad SMARTS) is 1. The summed E-state index contributed by atoms with van der Waals surface area (Å²) in [5.74, 6) is -0.318. The molecule has 0 bridgehead atoms. The van der Waals surface area contributed by atoms with Gasteiger partial charge in [0.25, 0.3) is 0 Å². The highest BCUT2D eigenvalue weighted by atomic mass is 79.9. The van der Waals surface area contributed by atoms with E-state index in [-0.39, 0.29) is 12.2 Å². The van der Waals surface area contributed by atoms with Crippen LogP contribution in [0.1, 0.15) is 27.0 Å². The minimum Gasteiger partial charge on any atom is -0.487 e. The maximum Gasteiger partial charge on any atom is 0.335 e. The van der Waals surface area contributed by atoms with Gasteiger partial charge >= 0.3 is 5.97 Å². The zero-order chi connectivity index (χ0) is 21.0. The molecule has 0 aromatic heterocycles. The Balaban J connectivity index is 1.86. The molecule has 29 heavy (non-hydrogen) atoms. The molecule has 0 unspecified atom stereocenters. The highest BCUT2D eigenvalue weighted by Crippen LogP contribution is 2.33. The van der Waals surface area contributed by atoms with Crippen molar-refractivity contribution in [3.05, 3.63) is 90.8 Å². The van der Waals surface area contributed by atoms with Gasteiger partial charge in [-0.05, 0) is 70.4 Å². The second-order valence-corrected chi connectivity index (χ2v) is 8.49. The van der Waals surface area contributed by atoms with E-state index in [2.05, 4.69) is 36.9 Å². The van der Waals surface area contributed by atoms with E-state index in [1.54, 1.807) is 30.5 Å². The Kier molecular flexibility index (Phi) is 7.11. The Morgan fingerprint density at radius 2 is 1.86 bits per heavy atom. The van der Waals surface area contributed by atoms with Crippen molar-refractivity contribution in [2.24, 2.45) is 4.99 Å². The summed E-state index contributed by atoms with van der Waals surface area (Å²) in [6.07, 6.45) is 1.73. The molecule has 0 saturated heterocycles. The van der Waals surface area contributed by atoms with Gasteiger partial charge in [0, 0.05) is 21.3 Å². The van der Waals surface area contributed by atoms with E-state index in [9.17, 15) is 4.79 Å². The average molecular weight is 538 g/mol. The summed E-state index contributed by atoms with van der Waals surface area (Å²) in [5.41, 5.74) is 3.68. The molecule has 3 aromatic carbocycles. The molecule has 0 aliphatic heterocycles. The highest BCUT2D eigenvalue weighted by molar-refractivity contribution is 9.11. The molecule has 0 amide bonds. The van der Waals surface area contributed by atoms with Gasteiger partial charge in [0.15, 0.2) is 0 Å². The summed E-state index contributed by atoms with van der Waals surface area (Å²) in [4.78, 5) is 15.6. The molecule has 3 aromatic rings. The molecule has 0 atom stereocenters. The van der Waals surface area contributed by atoms with Crippen molar-refractivity contribution in [2.75, 3.05) is 0 Å². The van der Waals surface area contributed by atoms with Crippen molar-refractivity contribution in [1.29, 1.82) is 0 Å².